The van der Waals surface area contributed by atoms with Crippen molar-refractivity contribution >= 4 is 21.5 Å². The maximum atomic E-state index is 2.40. The second-order valence-electron chi connectivity index (χ2n) is 8.11. The van der Waals surface area contributed by atoms with Gasteiger partial charge >= 0.3 is 26.2 Å². The van der Waals surface area contributed by atoms with Crippen molar-refractivity contribution in [3.05, 3.63) is 81.9 Å². The van der Waals surface area contributed by atoms with Gasteiger partial charge in [0.2, 0.25) is 0 Å². The van der Waals surface area contributed by atoms with E-state index in [2.05, 4.69) is 90.1 Å². The molecule has 0 fully saturated rings. The molecule has 0 aliphatic heterocycles. The molecule has 0 spiro atoms. The first-order valence-electron chi connectivity index (χ1n) is 9.14. The molecule has 0 radical (unpaired) electrons. The Balaban J connectivity index is 0.00000131. The Hall–Kier alpha value is -0.877. The molecule has 144 valence electrons. The van der Waals surface area contributed by atoms with Crippen LogP contribution in [0.1, 0.15) is 47.2 Å². The van der Waals surface area contributed by atoms with E-state index in [1.165, 1.54) is 54.9 Å². The molecule has 28 heavy (non-hydrogen) atoms. The first kappa shape index (κ1) is 25.2. The van der Waals surface area contributed by atoms with Gasteiger partial charge in [-0.15, -0.1) is 80.2 Å². The molecule has 0 atom stereocenters. The Morgan fingerprint density at radius 2 is 1.00 bits per heavy atom. The fourth-order valence-electron chi connectivity index (χ4n) is 5.05. The van der Waals surface area contributed by atoms with Crippen molar-refractivity contribution in [2.45, 2.75) is 47.0 Å². The van der Waals surface area contributed by atoms with Crippen molar-refractivity contribution in [1.82, 2.24) is 0 Å². The van der Waals surface area contributed by atoms with E-state index in [1.54, 1.807) is 0 Å². The van der Waals surface area contributed by atoms with E-state index >= 15 is 0 Å². The van der Waals surface area contributed by atoms with E-state index in [0.29, 0.717) is 0 Å². The van der Waals surface area contributed by atoms with Crippen LogP contribution in [0.2, 0.25) is 0 Å². The molecular formula is C25H26Cl2Zr. The number of fused-ring (bicyclic) bond motifs is 2. The summed E-state index contributed by atoms with van der Waals surface area (Å²) in [7, 11) is 0. The van der Waals surface area contributed by atoms with Crippen molar-refractivity contribution in [2.24, 2.45) is 0 Å². The largest absolute Gasteiger partial charge is 4.00 e. The van der Waals surface area contributed by atoms with E-state index in [-0.39, 0.29) is 56.4 Å². The number of benzene rings is 2. The van der Waals surface area contributed by atoms with Crippen LogP contribution in [0.5, 0.6) is 0 Å². The quantitative estimate of drug-likeness (QED) is 0.370. The molecule has 0 aliphatic rings. The Morgan fingerprint density at radius 3 is 1.36 bits per heavy atom. The predicted molar refractivity (Wildman–Crippen MR) is 110 cm³/mol. The summed E-state index contributed by atoms with van der Waals surface area (Å²) in [4.78, 5) is 0. The van der Waals surface area contributed by atoms with Crippen molar-refractivity contribution < 1.29 is 51.0 Å². The van der Waals surface area contributed by atoms with Crippen LogP contribution < -0.4 is 24.8 Å². The third-order valence-electron chi connectivity index (χ3n) is 5.89. The minimum Gasteiger partial charge on any atom is -1.00 e. The van der Waals surface area contributed by atoms with Crippen LogP contribution in [-0.2, 0) is 31.6 Å². The van der Waals surface area contributed by atoms with Gasteiger partial charge in [-0.1, -0.05) is 56.4 Å². The molecule has 0 heterocycles. The maximum absolute atomic E-state index is 2.40. The maximum Gasteiger partial charge on any atom is 4.00 e. The summed E-state index contributed by atoms with van der Waals surface area (Å²) < 4.78 is 0. The monoisotopic (exact) mass is 486 g/mol. The zero-order valence-corrected chi connectivity index (χ0v) is 21.3. The van der Waals surface area contributed by atoms with Crippen LogP contribution in [0.3, 0.4) is 0 Å². The van der Waals surface area contributed by atoms with Crippen LogP contribution in [0.15, 0.2) is 48.5 Å². The molecule has 4 aromatic rings. The topological polar surface area (TPSA) is 0 Å². The van der Waals surface area contributed by atoms with Gasteiger partial charge in [0.05, 0.1) is 0 Å². The predicted octanol–water partition coefficient (Wildman–Crippen LogP) is 0.996. The van der Waals surface area contributed by atoms with Crippen molar-refractivity contribution in [3.8, 4) is 0 Å². The summed E-state index contributed by atoms with van der Waals surface area (Å²) in [6.07, 6.45) is 0. The smallest absolute Gasteiger partial charge is 1.00 e. The molecule has 0 bridgehead atoms. The van der Waals surface area contributed by atoms with E-state index in [4.69, 9.17) is 0 Å². The molecule has 4 rings (SSSR count). The minimum atomic E-state index is -0.0319. The molecule has 0 saturated carbocycles. The first-order chi connectivity index (χ1) is 11.8. The average Bonchev–Trinajstić information content (AvgIpc) is 3.05. The summed E-state index contributed by atoms with van der Waals surface area (Å²) in [5.74, 6) is 0. The molecular weight excluding hydrogens is 462 g/mol. The zero-order chi connectivity index (χ0) is 17.9. The second-order valence-corrected chi connectivity index (χ2v) is 8.11. The van der Waals surface area contributed by atoms with Crippen molar-refractivity contribution in [1.29, 1.82) is 0 Å². The summed E-state index contributed by atoms with van der Waals surface area (Å²) >= 11 is 0. The molecule has 0 unspecified atom stereocenters. The summed E-state index contributed by atoms with van der Waals surface area (Å²) in [6.45, 7) is 13.8. The third-order valence-corrected chi connectivity index (χ3v) is 5.89. The van der Waals surface area contributed by atoms with Crippen LogP contribution >= 0.6 is 0 Å². The number of rotatable bonds is 2. The molecule has 0 nitrogen and oxygen atoms in total. The fourth-order valence-corrected chi connectivity index (χ4v) is 5.05. The van der Waals surface area contributed by atoms with E-state index < -0.39 is 0 Å². The van der Waals surface area contributed by atoms with Gasteiger partial charge in [-0.25, -0.2) is 0 Å². The number of hydrogen-bond donors (Lipinski definition) is 0. The second kappa shape index (κ2) is 8.87. The summed E-state index contributed by atoms with van der Waals surface area (Å²) in [5, 5.41) is 5.61. The summed E-state index contributed by atoms with van der Waals surface area (Å²) in [5.41, 5.74) is 8.49. The van der Waals surface area contributed by atoms with Gasteiger partial charge in [0, 0.05) is 0 Å². The van der Waals surface area contributed by atoms with Gasteiger partial charge < -0.3 is 24.8 Å². The standard InChI is InChI=1S/C25H26.2ClH.Zr/c1-15-9-7-11-19-13-17(3)23(21(15)19)25(5,6)24-18(4)14-20-12-8-10-16(2)22(20)24;;;/h7-14H,1-6H3;2*1H;/q-2;;;+4/p-2. The van der Waals surface area contributed by atoms with Crippen LogP contribution in [0, 0.1) is 27.7 Å². The molecule has 4 aromatic carbocycles. The number of halogens is 2. The van der Waals surface area contributed by atoms with Gasteiger partial charge in [0.1, 0.15) is 0 Å². The molecule has 0 saturated heterocycles. The van der Waals surface area contributed by atoms with Gasteiger partial charge in [-0.2, -0.15) is 0 Å². The molecule has 0 amide bonds. The van der Waals surface area contributed by atoms with E-state index in [9.17, 15) is 0 Å². The number of hydrogen-bond acceptors (Lipinski definition) is 0. The van der Waals surface area contributed by atoms with Crippen molar-refractivity contribution in [2.75, 3.05) is 0 Å². The summed E-state index contributed by atoms with van der Waals surface area (Å²) in [6, 6.07) is 18.0. The van der Waals surface area contributed by atoms with Gasteiger partial charge in [-0.05, 0) is 13.8 Å². The Kier molecular flexibility index (Phi) is 7.97. The van der Waals surface area contributed by atoms with Gasteiger partial charge in [-0.3, -0.25) is 0 Å². The zero-order valence-electron chi connectivity index (χ0n) is 17.4. The Morgan fingerprint density at radius 1 is 0.643 bits per heavy atom. The average molecular weight is 489 g/mol. The van der Waals surface area contributed by atoms with Crippen LogP contribution in [0.4, 0.5) is 0 Å². The molecule has 0 N–H and O–H groups in total. The Labute approximate surface area is 200 Å². The fraction of sp³-hybridized carbons (Fsp3) is 0.280. The van der Waals surface area contributed by atoms with Crippen molar-refractivity contribution in [3.63, 3.8) is 0 Å². The van der Waals surface area contributed by atoms with E-state index in [1.807, 2.05) is 0 Å². The van der Waals surface area contributed by atoms with Gasteiger partial charge in [0.15, 0.2) is 0 Å². The third kappa shape index (κ3) is 3.67. The Bertz CT molecular complexity index is 1020. The van der Waals surface area contributed by atoms with E-state index in [0.717, 1.165) is 0 Å². The number of aryl methyl sites for hydroxylation is 4. The molecule has 0 aliphatic carbocycles. The minimum absolute atomic E-state index is 0. The molecule has 0 aromatic heterocycles. The van der Waals surface area contributed by atoms with Gasteiger partial charge in [0.25, 0.3) is 0 Å². The molecule has 3 heteroatoms. The van der Waals surface area contributed by atoms with Crippen LogP contribution in [0.25, 0.3) is 21.5 Å². The first-order valence-corrected chi connectivity index (χ1v) is 9.14. The van der Waals surface area contributed by atoms with Crippen LogP contribution in [-0.4, -0.2) is 0 Å². The normalized spacial score (nSPS) is 11.1. The SMILES string of the molecule is Cc1[cH-]c2cccc(C)c2c1C(C)(C)c1c(C)[cH-]c2cccc(C)c12.[Cl-].[Cl-].[Zr+4].